The summed E-state index contributed by atoms with van der Waals surface area (Å²) in [6, 6.07) is 15.0. The Labute approximate surface area is 177 Å². The van der Waals surface area contributed by atoms with Crippen molar-refractivity contribution in [3.8, 4) is 5.75 Å². The molecule has 4 rings (SSSR count). The molecule has 4 aromatic rings. The number of para-hydroxylation sites is 1. The van der Waals surface area contributed by atoms with Crippen LogP contribution < -0.4 is 10.3 Å². The largest absolute Gasteiger partial charge is 0.497 e. The van der Waals surface area contributed by atoms with Crippen LogP contribution in [0, 0.1) is 0 Å². The highest BCUT2D eigenvalue weighted by atomic mass is 35.5. The van der Waals surface area contributed by atoms with Crippen LogP contribution in [-0.2, 0) is 12.3 Å². The van der Waals surface area contributed by atoms with E-state index in [1.165, 1.54) is 11.8 Å². The maximum absolute atomic E-state index is 12.9. The SMILES string of the molecule is C=CCn1c(SCc2cc3ccc(OC)cc3nc2Cl)nc2ccccc2c1=O. The monoisotopic (exact) mass is 423 g/mol. The number of nitrogens with zero attached hydrogens (tertiary/aromatic N) is 3. The van der Waals surface area contributed by atoms with Crippen molar-refractivity contribution in [3.63, 3.8) is 0 Å². The van der Waals surface area contributed by atoms with Crippen LogP contribution in [0.5, 0.6) is 5.75 Å². The van der Waals surface area contributed by atoms with E-state index in [9.17, 15) is 4.79 Å². The minimum Gasteiger partial charge on any atom is -0.497 e. The molecule has 2 aromatic carbocycles. The van der Waals surface area contributed by atoms with Gasteiger partial charge in [-0.3, -0.25) is 9.36 Å². The molecule has 0 aliphatic carbocycles. The summed E-state index contributed by atoms with van der Waals surface area (Å²) in [5, 5.41) is 2.62. The average molecular weight is 424 g/mol. The molecule has 0 aliphatic rings. The molecule has 5 nitrogen and oxygen atoms in total. The molecule has 0 radical (unpaired) electrons. The maximum Gasteiger partial charge on any atom is 0.262 e. The van der Waals surface area contributed by atoms with Gasteiger partial charge in [0.1, 0.15) is 10.9 Å². The van der Waals surface area contributed by atoms with Crippen molar-refractivity contribution in [3.05, 3.63) is 82.3 Å². The van der Waals surface area contributed by atoms with E-state index in [4.69, 9.17) is 16.3 Å². The van der Waals surface area contributed by atoms with E-state index in [0.717, 1.165) is 22.2 Å². The van der Waals surface area contributed by atoms with Gasteiger partial charge in [0.2, 0.25) is 0 Å². The van der Waals surface area contributed by atoms with Crippen LogP contribution >= 0.6 is 23.4 Å². The number of aromatic nitrogens is 3. The highest BCUT2D eigenvalue weighted by Gasteiger charge is 2.13. The molecule has 0 saturated carbocycles. The van der Waals surface area contributed by atoms with Gasteiger partial charge < -0.3 is 4.74 Å². The van der Waals surface area contributed by atoms with Gasteiger partial charge in [0.25, 0.3) is 5.56 Å². The molecule has 29 heavy (non-hydrogen) atoms. The predicted octanol–water partition coefficient (Wildman–Crippen LogP) is 5.09. The first-order valence-corrected chi connectivity index (χ1v) is 10.3. The van der Waals surface area contributed by atoms with Crippen LogP contribution in [0.1, 0.15) is 5.56 Å². The first-order valence-electron chi connectivity index (χ1n) is 8.97. The number of rotatable bonds is 6. The minimum atomic E-state index is -0.0761. The third-order valence-corrected chi connectivity index (χ3v) is 5.90. The topological polar surface area (TPSA) is 57.0 Å². The normalized spacial score (nSPS) is 11.1. The molecule has 0 bridgehead atoms. The summed E-state index contributed by atoms with van der Waals surface area (Å²) in [5.74, 6) is 1.27. The second kappa shape index (κ2) is 8.27. The molecule has 146 valence electrons. The van der Waals surface area contributed by atoms with Crippen molar-refractivity contribution in [2.75, 3.05) is 7.11 Å². The van der Waals surface area contributed by atoms with Gasteiger partial charge in [-0.2, -0.15) is 0 Å². The zero-order chi connectivity index (χ0) is 20.4. The molecule has 0 spiro atoms. The Morgan fingerprint density at radius 1 is 1.17 bits per heavy atom. The number of methoxy groups -OCH3 is 1. The number of halogens is 1. The number of fused-ring (bicyclic) bond motifs is 2. The van der Waals surface area contributed by atoms with E-state index < -0.39 is 0 Å². The van der Waals surface area contributed by atoms with E-state index in [1.807, 2.05) is 42.5 Å². The molecule has 0 N–H and O–H groups in total. The van der Waals surface area contributed by atoms with E-state index in [1.54, 1.807) is 23.8 Å². The second-order valence-electron chi connectivity index (χ2n) is 6.40. The lowest BCUT2D eigenvalue weighted by Crippen LogP contribution is -2.22. The summed E-state index contributed by atoms with van der Waals surface area (Å²) in [6.07, 6.45) is 1.69. The quantitative estimate of drug-likeness (QED) is 0.187. The smallest absolute Gasteiger partial charge is 0.262 e. The number of hydrogen-bond acceptors (Lipinski definition) is 5. The zero-order valence-electron chi connectivity index (χ0n) is 15.8. The number of benzene rings is 2. The van der Waals surface area contributed by atoms with E-state index >= 15 is 0 Å². The predicted molar refractivity (Wildman–Crippen MR) is 119 cm³/mol. The number of ether oxygens (including phenoxy) is 1. The fourth-order valence-electron chi connectivity index (χ4n) is 3.09. The van der Waals surface area contributed by atoms with Crippen LogP contribution in [-0.4, -0.2) is 21.6 Å². The fraction of sp³-hybridized carbons (Fsp3) is 0.136. The van der Waals surface area contributed by atoms with Crippen molar-refractivity contribution >= 4 is 45.2 Å². The zero-order valence-corrected chi connectivity index (χ0v) is 17.3. The van der Waals surface area contributed by atoms with Crippen LogP contribution in [0.2, 0.25) is 5.15 Å². The summed E-state index contributed by atoms with van der Waals surface area (Å²) in [5.41, 5.74) is 2.25. The Kier molecular flexibility index (Phi) is 5.56. The second-order valence-corrected chi connectivity index (χ2v) is 7.70. The van der Waals surface area contributed by atoms with E-state index in [-0.39, 0.29) is 5.56 Å². The molecule has 0 saturated heterocycles. The Bertz CT molecular complexity index is 1290. The van der Waals surface area contributed by atoms with Crippen LogP contribution in [0.15, 0.2) is 71.1 Å². The molecule has 2 aromatic heterocycles. The van der Waals surface area contributed by atoms with Gasteiger partial charge in [-0.25, -0.2) is 9.97 Å². The van der Waals surface area contributed by atoms with E-state index in [2.05, 4.69) is 16.5 Å². The van der Waals surface area contributed by atoms with Crippen molar-refractivity contribution < 1.29 is 4.74 Å². The molecular weight excluding hydrogens is 406 g/mol. The molecule has 0 aliphatic heterocycles. The molecule has 0 fully saturated rings. The standard InChI is InChI=1S/C22H18ClN3O2S/c1-3-10-26-21(27)17-6-4-5-7-18(17)25-22(26)29-13-15-11-14-8-9-16(28-2)12-19(14)24-20(15)23/h3-9,11-12H,1,10,13H2,2H3. The Balaban J connectivity index is 1.70. The van der Waals surface area contributed by atoms with Crippen LogP contribution in [0.3, 0.4) is 0 Å². The average Bonchev–Trinajstić information content (AvgIpc) is 2.74. The van der Waals surface area contributed by atoms with Gasteiger partial charge in [-0.15, -0.1) is 6.58 Å². The molecule has 7 heteroatoms. The van der Waals surface area contributed by atoms with Crippen molar-refractivity contribution in [1.82, 2.24) is 14.5 Å². The summed E-state index contributed by atoms with van der Waals surface area (Å²) in [6.45, 7) is 4.15. The number of allylic oxidation sites excluding steroid dienone is 1. The van der Waals surface area contributed by atoms with Gasteiger partial charge in [-0.1, -0.05) is 41.6 Å². The molecule has 0 atom stereocenters. The van der Waals surface area contributed by atoms with Crippen molar-refractivity contribution in [2.24, 2.45) is 0 Å². The third-order valence-electron chi connectivity index (χ3n) is 4.55. The Morgan fingerprint density at radius 3 is 2.79 bits per heavy atom. The lowest BCUT2D eigenvalue weighted by molar-refractivity contribution is 0.415. The molecule has 0 amide bonds. The molecule has 2 heterocycles. The number of thioether (sulfide) groups is 1. The summed E-state index contributed by atoms with van der Waals surface area (Å²) in [4.78, 5) is 22.0. The first-order chi connectivity index (χ1) is 14.1. The third kappa shape index (κ3) is 3.86. The van der Waals surface area contributed by atoms with Gasteiger partial charge in [0.15, 0.2) is 5.16 Å². The molecular formula is C22H18ClN3O2S. The summed E-state index contributed by atoms with van der Waals surface area (Å²) >= 11 is 7.88. The van der Waals surface area contributed by atoms with Crippen LogP contribution in [0.25, 0.3) is 21.8 Å². The lowest BCUT2D eigenvalue weighted by atomic mass is 10.1. The van der Waals surface area contributed by atoms with Crippen LogP contribution in [0.4, 0.5) is 0 Å². The van der Waals surface area contributed by atoms with Crippen molar-refractivity contribution in [1.29, 1.82) is 0 Å². The minimum absolute atomic E-state index is 0.0761. The Morgan fingerprint density at radius 2 is 2.00 bits per heavy atom. The first kappa shape index (κ1) is 19.5. The highest BCUT2D eigenvalue weighted by Crippen LogP contribution is 2.29. The van der Waals surface area contributed by atoms with Gasteiger partial charge in [-0.05, 0) is 30.3 Å². The fourth-order valence-corrected chi connectivity index (χ4v) is 4.36. The lowest BCUT2D eigenvalue weighted by Gasteiger charge is -2.12. The van der Waals surface area contributed by atoms with E-state index in [0.29, 0.717) is 33.5 Å². The maximum atomic E-state index is 12.9. The van der Waals surface area contributed by atoms with Gasteiger partial charge >= 0.3 is 0 Å². The number of hydrogen-bond donors (Lipinski definition) is 0. The summed E-state index contributed by atoms with van der Waals surface area (Å²) < 4.78 is 6.88. The molecule has 0 unspecified atom stereocenters. The Hall–Kier alpha value is -2.83. The van der Waals surface area contributed by atoms with Gasteiger partial charge in [0, 0.05) is 29.3 Å². The summed E-state index contributed by atoms with van der Waals surface area (Å²) in [7, 11) is 1.62. The highest BCUT2D eigenvalue weighted by molar-refractivity contribution is 7.98. The van der Waals surface area contributed by atoms with Crippen molar-refractivity contribution in [2.45, 2.75) is 17.5 Å². The number of pyridine rings is 1. The van der Waals surface area contributed by atoms with Gasteiger partial charge in [0.05, 0.1) is 23.5 Å².